The molecular weight excluding hydrogens is 456 g/mol. The first-order chi connectivity index (χ1) is 16.0. The largest absolute Gasteiger partial charge is 0.383 e. The summed E-state index contributed by atoms with van der Waals surface area (Å²) in [6, 6.07) is 17.1. The van der Waals surface area contributed by atoms with E-state index in [1.54, 1.807) is 47.6 Å². The van der Waals surface area contributed by atoms with Crippen molar-refractivity contribution < 1.29 is 14.3 Å². The highest BCUT2D eigenvalue weighted by atomic mass is 35.5. The Labute approximate surface area is 203 Å². The molecule has 1 unspecified atom stereocenters. The van der Waals surface area contributed by atoms with Crippen molar-refractivity contribution in [3.05, 3.63) is 92.1 Å². The van der Waals surface area contributed by atoms with Crippen LogP contribution >= 0.6 is 22.9 Å². The minimum Gasteiger partial charge on any atom is -0.383 e. The second kappa shape index (κ2) is 10.5. The minimum atomic E-state index is -0.233. The Balaban J connectivity index is 1.61. The first kappa shape index (κ1) is 23.5. The van der Waals surface area contributed by atoms with Gasteiger partial charge in [-0.25, -0.2) is 0 Å². The third-order valence-corrected chi connectivity index (χ3v) is 7.16. The molecule has 0 N–H and O–H groups in total. The van der Waals surface area contributed by atoms with Gasteiger partial charge in [-0.1, -0.05) is 47.5 Å². The van der Waals surface area contributed by atoms with E-state index in [1.165, 1.54) is 16.0 Å². The molecule has 172 valence electrons. The van der Waals surface area contributed by atoms with Crippen LogP contribution in [0.3, 0.4) is 0 Å². The van der Waals surface area contributed by atoms with Gasteiger partial charge in [0.25, 0.3) is 5.91 Å². The number of hydrogen-bond acceptors (Lipinski definition) is 4. The standard InChI is InChI=1S/C26H27ClN2O3S/c1-18-6-8-19(9-7-18)25-22-11-15-33-23(22)10-12-29(25)24(30)17-28(13-14-32-2)26(31)20-4-3-5-21(27)16-20/h3-9,11,15-16,25H,10,12-14,17H2,1-2H3. The zero-order valence-electron chi connectivity index (χ0n) is 18.8. The summed E-state index contributed by atoms with van der Waals surface area (Å²) in [6.07, 6.45) is 0.821. The summed E-state index contributed by atoms with van der Waals surface area (Å²) in [7, 11) is 1.58. The molecule has 1 aliphatic rings. The maximum Gasteiger partial charge on any atom is 0.254 e. The van der Waals surface area contributed by atoms with Crippen molar-refractivity contribution in [3.63, 3.8) is 0 Å². The van der Waals surface area contributed by atoms with Gasteiger partial charge in [0.1, 0.15) is 6.54 Å². The van der Waals surface area contributed by atoms with Crippen molar-refractivity contribution >= 4 is 34.8 Å². The number of ether oxygens (including phenoxy) is 1. The highest BCUT2D eigenvalue weighted by Crippen LogP contribution is 2.38. The van der Waals surface area contributed by atoms with Gasteiger partial charge >= 0.3 is 0 Å². The van der Waals surface area contributed by atoms with Gasteiger partial charge in [-0.3, -0.25) is 9.59 Å². The molecular formula is C26H27ClN2O3S. The van der Waals surface area contributed by atoms with E-state index in [2.05, 4.69) is 42.6 Å². The molecule has 0 saturated carbocycles. The molecule has 2 amide bonds. The fourth-order valence-electron chi connectivity index (χ4n) is 4.21. The predicted octanol–water partition coefficient (Wildman–Crippen LogP) is 4.97. The monoisotopic (exact) mass is 482 g/mol. The predicted molar refractivity (Wildman–Crippen MR) is 132 cm³/mol. The van der Waals surface area contributed by atoms with E-state index in [-0.39, 0.29) is 24.4 Å². The number of rotatable bonds is 7. The minimum absolute atomic E-state index is 0.0173. The lowest BCUT2D eigenvalue weighted by molar-refractivity contribution is -0.134. The summed E-state index contributed by atoms with van der Waals surface area (Å²) >= 11 is 7.83. The number of nitrogens with zero attached hydrogens (tertiary/aromatic N) is 2. The second-order valence-electron chi connectivity index (χ2n) is 8.18. The lowest BCUT2D eigenvalue weighted by atomic mass is 9.92. The third kappa shape index (κ3) is 5.29. The van der Waals surface area contributed by atoms with E-state index >= 15 is 0 Å². The number of fused-ring (bicyclic) bond motifs is 1. The van der Waals surface area contributed by atoms with E-state index in [0.29, 0.717) is 30.3 Å². The SMILES string of the molecule is COCCN(CC(=O)N1CCc2sccc2C1c1ccc(C)cc1)C(=O)c1cccc(Cl)c1. The first-order valence-electron chi connectivity index (χ1n) is 10.9. The van der Waals surface area contributed by atoms with E-state index in [9.17, 15) is 9.59 Å². The van der Waals surface area contributed by atoms with Crippen LogP contribution in [-0.2, 0) is 16.0 Å². The molecule has 4 rings (SSSR count). The number of carbonyl (C=O) groups excluding carboxylic acids is 2. The first-order valence-corrected chi connectivity index (χ1v) is 12.2. The number of methoxy groups -OCH3 is 1. The van der Waals surface area contributed by atoms with Crippen molar-refractivity contribution in [3.8, 4) is 0 Å². The average molecular weight is 483 g/mol. The van der Waals surface area contributed by atoms with Crippen LogP contribution in [0.2, 0.25) is 5.02 Å². The average Bonchev–Trinajstić information content (AvgIpc) is 3.30. The van der Waals surface area contributed by atoms with Gasteiger partial charge in [-0.05, 0) is 54.1 Å². The van der Waals surface area contributed by atoms with Crippen molar-refractivity contribution in [2.24, 2.45) is 0 Å². The Kier molecular flexibility index (Phi) is 7.48. The van der Waals surface area contributed by atoms with Gasteiger partial charge in [0.15, 0.2) is 0 Å². The zero-order chi connectivity index (χ0) is 23.4. The maximum absolute atomic E-state index is 13.6. The molecule has 0 spiro atoms. The molecule has 0 aliphatic carbocycles. The fraction of sp³-hybridized carbons (Fsp3) is 0.308. The molecule has 33 heavy (non-hydrogen) atoms. The van der Waals surface area contributed by atoms with Crippen LogP contribution < -0.4 is 0 Å². The number of halogens is 1. The summed E-state index contributed by atoms with van der Waals surface area (Å²) < 4.78 is 5.20. The summed E-state index contributed by atoms with van der Waals surface area (Å²) in [5.74, 6) is -0.313. The van der Waals surface area contributed by atoms with Crippen LogP contribution in [0.1, 0.15) is 38.0 Å². The molecule has 5 nitrogen and oxygen atoms in total. The van der Waals surface area contributed by atoms with Gasteiger partial charge in [0.05, 0.1) is 12.6 Å². The second-order valence-corrected chi connectivity index (χ2v) is 9.62. The van der Waals surface area contributed by atoms with E-state index in [4.69, 9.17) is 16.3 Å². The third-order valence-electron chi connectivity index (χ3n) is 5.93. The quantitative estimate of drug-likeness (QED) is 0.477. The summed E-state index contributed by atoms with van der Waals surface area (Å²) in [6.45, 7) is 3.32. The number of benzene rings is 2. The molecule has 0 bridgehead atoms. The zero-order valence-corrected chi connectivity index (χ0v) is 20.4. The lowest BCUT2D eigenvalue weighted by Gasteiger charge is -2.37. The number of thiophene rings is 1. The van der Waals surface area contributed by atoms with Gasteiger partial charge < -0.3 is 14.5 Å². The molecule has 1 aromatic heterocycles. The van der Waals surface area contributed by atoms with Crippen LogP contribution in [0, 0.1) is 6.92 Å². The van der Waals surface area contributed by atoms with Crippen molar-refractivity contribution in [1.82, 2.24) is 9.80 Å². The Hall–Kier alpha value is -2.67. The highest BCUT2D eigenvalue weighted by Gasteiger charge is 2.34. The summed E-state index contributed by atoms with van der Waals surface area (Å²) in [5, 5.41) is 2.58. The van der Waals surface area contributed by atoms with Crippen LogP contribution in [-0.4, -0.2) is 55.0 Å². The molecule has 1 aliphatic heterocycles. The number of carbonyl (C=O) groups is 2. The Bertz CT molecular complexity index is 1130. The van der Waals surface area contributed by atoms with Crippen molar-refractivity contribution in [2.45, 2.75) is 19.4 Å². The van der Waals surface area contributed by atoms with E-state index in [1.807, 2.05) is 4.90 Å². The number of aryl methyl sites for hydroxylation is 1. The molecule has 7 heteroatoms. The molecule has 0 radical (unpaired) electrons. The molecule has 3 aromatic rings. The van der Waals surface area contributed by atoms with Gasteiger partial charge in [0, 0.05) is 35.7 Å². The lowest BCUT2D eigenvalue weighted by Crippen LogP contribution is -2.47. The maximum atomic E-state index is 13.6. The number of amides is 2. The van der Waals surface area contributed by atoms with E-state index in [0.717, 1.165) is 12.0 Å². The molecule has 2 heterocycles. The van der Waals surface area contributed by atoms with Crippen molar-refractivity contribution in [2.75, 3.05) is 33.4 Å². The van der Waals surface area contributed by atoms with Crippen LogP contribution in [0.15, 0.2) is 60.0 Å². The molecule has 1 atom stereocenters. The Morgan fingerprint density at radius 1 is 1.18 bits per heavy atom. The summed E-state index contributed by atoms with van der Waals surface area (Å²) in [5.41, 5.74) is 3.89. The summed E-state index contributed by atoms with van der Waals surface area (Å²) in [4.78, 5) is 31.6. The molecule has 0 saturated heterocycles. The normalized spacial score (nSPS) is 15.2. The topological polar surface area (TPSA) is 49.9 Å². The van der Waals surface area contributed by atoms with Crippen LogP contribution in [0.4, 0.5) is 0 Å². The number of hydrogen-bond donors (Lipinski definition) is 0. The Morgan fingerprint density at radius 3 is 2.70 bits per heavy atom. The van der Waals surface area contributed by atoms with Gasteiger partial charge in [-0.15, -0.1) is 11.3 Å². The van der Waals surface area contributed by atoms with Gasteiger partial charge in [0.2, 0.25) is 5.91 Å². The molecule has 0 fully saturated rings. The smallest absolute Gasteiger partial charge is 0.254 e. The fourth-order valence-corrected chi connectivity index (χ4v) is 5.30. The molecule has 2 aromatic carbocycles. The van der Waals surface area contributed by atoms with Gasteiger partial charge in [-0.2, -0.15) is 0 Å². The van der Waals surface area contributed by atoms with Crippen LogP contribution in [0.25, 0.3) is 0 Å². The van der Waals surface area contributed by atoms with E-state index < -0.39 is 0 Å². The highest BCUT2D eigenvalue weighted by molar-refractivity contribution is 7.10. The Morgan fingerprint density at radius 2 is 1.97 bits per heavy atom. The van der Waals surface area contributed by atoms with Crippen LogP contribution in [0.5, 0.6) is 0 Å². The van der Waals surface area contributed by atoms with Crippen molar-refractivity contribution in [1.29, 1.82) is 0 Å².